The van der Waals surface area contributed by atoms with Crippen molar-refractivity contribution in [3.05, 3.63) is 24.3 Å². The van der Waals surface area contributed by atoms with Gasteiger partial charge in [0.05, 0.1) is 23.1 Å². The molecule has 2 aliphatic rings. The van der Waals surface area contributed by atoms with Crippen molar-refractivity contribution >= 4 is 11.4 Å². The van der Waals surface area contributed by atoms with Crippen LogP contribution in [0.25, 0.3) is 0 Å². The Labute approximate surface area is 115 Å². The van der Waals surface area contributed by atoms with Crippen molar-refractivity contribution in [2.24, 2.45) is 0 Å². The van der Waals surface area contributed by atoms with Crippen LogP contribution in [0.3, 0.4) is 0 Å². The van der Waals surface area contributed by atoms with Crippen LogP contribution in [0.2, 0.25) is 0 Å². The molecule has 1 N–H and O–H groups in total. The van der Waals surface area contributed by atoms with Crippen LogP contribution in [0.4, 0.5) is 11.4 Å². The lowest BCUT2D eigenvalue weighted by Crippen LogP contribution is -2.46. The van der Waals surface area contributed by atoms with E-state index in [0.29, 0.717) is 12.1 Å². The SMILES string of the molecule is CC1CNc2ccccc2N1CC1CCC(C)(C)O1. The predicted octanol–water partition coefficient (Wildman–Crippen LogP) is 3.26. The first-order valence-electron chi connectivity index (χ1n) is 7.32. The molecule has 1 fully saturated rings. The summed E-state index contributed by atoms with van der Waals surface area (Å²) in [6.45, 7) is 8.68. The second-order valence-corrected chi connectivity index (χ2v) is 6.44. The first kappa shape index (κ1) is 12.8. The van der Waals surface area contributed by atoms with Crippen LogP contribution in [0.15, 0.2) is 24.3 Å². The number of hydrogen-bond donors (Lipinski definition) is 1. The highest BCUT2D eigenvalue weighted by molar-refractivity contribution is 5.72. The van der Waals surface area contributed by atoms with Gasteiger partial charge in [-0.15, -0.1) is 0 Å². The van der Waals surface area contributed by atoms with Crippen molar-refractivity contribution in [2.45, 2.75) is 51.4 Å². The zero-order valence-corrected chi connectivity index (χ0v) is 12.1. The van der Waals surface area contributed by atoms with Crippen LogP contribution < -0.4 is 10.2 Å². The van der Waals surface area contributed by atoms with Gasteiger partial charge >= 0.3 is 0 Å². The summed E-state index contributed by atoms with van der Waals surface area (Å²) in [6.07, 6.45) is 2.70. The smallest absolute Gasteiger partial charge is 0.0758 e. The summed E-state index contributed by atoms with van der Waals surface area (Å²) < 4.78 is 6.15. The van der Waals surface area contributed by atoms with Crippen LogP contribution >= 0.6 is 0 Å². The van der Waals surface area contributed by atoms with E-state index in [1.807, 2.05) is 0 Å². The fraction of sp³-hybridized carbons (Fsp3) is 0.625. The van der Waals surface area contributed by atoms with Gasteiger partial charge in [0.2, 0.25) is 0 Å². The Bertz CT molecular complexity index is 458. The zero-order valence-electron chi connectivity index (χ0n) is 12.1. The van der Waals surface area contributed by atoms with E-state index in [1.54, 1.807) is 0 Å². The zero-order chi connectivity index (χ0) is 13.5. The van der Waals surface area contributed by atoms with E-state index >= 15 is 0 Å². The standard InChI is InChI=1S/C16H24N2O/c1-12-10-17-14-6-4-5-7-15(14)18(12)11-13-8-9-16(2,3)19-13/h4-7,12-13,17H,8-11H2,1-3H3. The van der Waals surface area contributed by atoms with E-state index in [2.05, 4.69) is 55.3 Å². The second kappa shape index (κ2) is 4.71. The van der Waals surface area contributed by atoms with Crippen molar-refractivity contribution < 1.29 is 4.74 Å². The lowest BCUT2D eigenvalue weighted by Gasteiger charge is -2.39. The Balaban J connectivity index is 1.77. The minimum Gasteiger partial charge on any atom is -0.381 e. The molecule has 2 aliphatic heterocycles. The maximum absolute atomic E-state index is 6.15. The summed E-state index contributed by atoms with van der Waals surface area (Å²) in [5.74, 6) is 0. The lowest BCUT2D eigenvalue weighted by atomic mass is 10.0. The van der Waals surface area contributed by atoms with Gasteiger partial charge in [0.25, 0.3) is 0 Å². The van der Waals surface area contributed by atoms with Crippen molar-refractivity contribution in [2.75, 3.05) is 23.3 Å². The molecule has 104 valence electrons. The van der Waals surface area contributed by atoms with E-state index in [-0.39, 0.29) is 5.60 Å². The highest BCUT2D eigenvalue weighted by Crippen LogP contribution is 2.35. The molecule has 0 aliphatic carbocycles. The fourth-order valence-electron chi connectivity index (χ4n) is 3.18. The van der Waals surface area contributed by atoms with Gasteiger partial charge in [-0.3, -0.25) is 0 Å². The number of rotatable bonds is 2. The molecule has 19 heavy (non-hydrogen) atoms. The average molecular weight is 260 g/mol. The summed E-state index contributed by atoms with van der Waals surface area (Å²) in [7, 11) is 0. The largest absolute Gasteiger partial charge is 0.381 e. The van der Waals surface area contributed by atoms with Gasteiger partial charge in [-0.05, 0) is 45.7 Å². The summed E-state index contributed by atoms with van der Waals surface area (Å²) >= 11 is 0. The topological polar surface area (TPSA) is 24.5 Å². The number of para-hydroxylation sites is 2. The molecule has 3 rings (SSSR count). The maximum atomic E-state index is 6.15. The Hall–Kier alpha value is -1.22. The number of benzene rings is 1. The molecular weight excluding hydrogens is 236 g/mol. The van der Waals surface area contributed by atoms with Gasteiger partial charge in [-0.25, -0.2) is 0 Å². The van der Waals surface area contributed by atoms with Crippen LogP contribution in [0.5, 0.6) is 0 Å². The third-order valence-electron chi connectivity index (χ3n) is 4.29. The van der Waals surface area contributed by atoms with Gasteiger partial charge in [-0.1, -0.05) is 12.1 Å². The van der Waals surface area contributed by atoms with Gasteiger partial charge in [0.15, 0.2) is 0 Å². The van der Waals surface area contributed by atoms with Crippen molar-refractivity contribution in [1.82, 2.24) is 0 Å². The second-order valence-electron chi connectivity index (χ2n) is 6.44. The molecule has 2 heterocycles. The third-order valence-corrected chi connectivity index (χ3v) is 4.29. The fourth-order valence-corrected chi connectivity index (χ4v) is 3.18. The van der Waals surface area contributed by atoms with Gasteiger partial charge in [0.1, 0.15) is 0 Å². The van der Waals surface area contributed by atoms with Gasteiger partial charge in [0, 0.05) is 19.1 Å². The molecular formula is C16H24N2O. The van der Waals surface area contributed by atoms with E-state index in [9.17, 15) is 0 Å². The van der Waals surface area contributed by atoms with E-state index < -0.39 is 0 Å². The quantitative estimate of drug-likeness (QED) is 0.883. The summed E-state index contributed by atoms with van der Waals surface area (Å²) in [4.78, 5) is 2.50. The number of ether oxygens (including phenoxy) is 1. The molecule has 3 heteroatoms. The van der Waals surface area contributed by atoms with Crippen LogP contribution in [-0.4, -0.2) is 30.8 Å². The first-order chi connectivity index (χ1) is 9.05. The Morgan fingerprint density at radius 2 is 2.16 bits per heavy atom. The summed E-state index contributed by atoms with van der Waals surface area (Å²) in [6, 6.07) is 9.09. The van der Waals surface area contributed by atoms with Crippen molar-refractivity contribution in [3.8, 4) is 0 Å². The number of nitrogens with zero attached hydrogens (tertiary/aromatic N) is 1. The maximum Gasteiger partial charge on any atom is 0.0758 e. The molecule has 0 aromatic heterocycles. The van der Waals surface area contributed by atoms with Crippen molar-refractivity contribution in [3.63, 3.8) is 0 Å². The Morgan fingerprint density at radius 3 is 2.89 bits per heavy atom. The minimum atomic E-state index is 0.0570. The third kappa shape index (κ3) is 2.57. The first-order valence-corrected chi connectivity index (χ1v) is 7.32. The average Bonchev–Trinajstić information content (AvgIpc) is 2.72. The van der Waals surface area contributed by atoms with Crippen LogP contribution in [-0.2, 0) is 4.74 Å². The van der Waals surface area contributed by atoms with E-state index in [1.165, 1.54) is 24.2 Å². The molecule has 0 radical (unpaired) electrons. The number of hydrogen-bond acceptors (Lipinski definition) is 3. The molecule has 3 nitrogen and oxygen atoms in total. The summed E-state index contributed by atoms with van der Waals surface area (Å²) in [5.41, 5.74) is 2.62. The van der Waals surface area contributed by atoms with Crippen molar-refractivity contribution in [1.29, 1.82) is 0 Å². The van der Waals surface area contributed by atoms with E-state index in [0.717, 1.165) is 13.1 Å². The number of nitrogens with one attached hydrogen (secondary N) is 1. The lowest BCUT2D eigenvalue weighted by molar-refractivity contribution is -0.0120. The molecule has 1 aromatic carbocycles. The number of fused-ring (bicyclic) bond motifs is 1. The predicted molar refractivity (Wildman–Crippen MR) is 79.9 cm³/mol. The minimum absolute atomic E-state index is 0.0570. The Kier molecular flexibility index (Phi) is 3.17. The molecule has 2 unspecified atom stereocenters. The highest BCUT2D eigenvalue weighted by atomic mass is 16.5. The van der Waals surface area contributed by atoms with Gasteiger partial charge < -0.3 is 15.0 Å². The molecule has 0 spiro atoms. The van der Waals surface area contributed by atoms with Gasteiger partial charge in [-0.2, -0.15) is 0 Å². The van der Waals surface area contributed by atoms with E-state index in [4.69, 9.17) is 4.74 Å². The summed E-state index contributed by atoms with van der Waals surface area (Å²) in [5, 5.41) is 3.50. The highest BCUT2D eigenvalue weighted by Gasteiger charge is 2.34. The molecule has 1 aromatic rings. The molecule has 0 saturated carbocycles. The number of anilines is 2. The normalized spacial score (nSPS) is 28.9. The Morgan fingerprint density at radius 1 is 1.37 bits per heavy atom. The molecule has 0 bridgehead atoms. The molecule has 2 atom stereocenters. The van der Waals surface area contributed by atoms with Crippen LogP contribution in [0, 0.1) is 0 Å². The monoisotopic (exact) mass is 260 g/mol. The molecule has 1 saturated heterocycles. The van der Waals surface area contributed by atoms with Crippen LogP contribution in [0.1, 0.15) is 33.6 Å². The molecule has 0 amide bonds.